The maximum Gasteiger partial charge on any atom is 0.249 e. The van der Waals surface area contributed by atoms with Crippen LogP contribution in [0, 0.1) is 6.92 Å². The number of tetrazole rings is 1. The van der Waals surface area contributed by atoms with Crippen LogP contribution in [-0.2, 0) is 4.79 Å². The van der Waals surface area contributed by atoms with Crippen molar-refractivity contribution in [3.05, 3.63) is 42.0 Å². The second-order valence-electron chi connectivity index (χ2n) is 6.34. The molecule has 4 rings (SSSR count). The fourth-order valence-corrected chi connectivity index (χ4v) is 3.17. The van der Waals surface area contributed by atoms with Crippen molar-refractivity contribution in [1.29, 1.82) is 0 Å². The van der Waals surface area contributed by atoms with Crippen molar-refractivity contribution in [2.45, 2.75) is 38.8 Å². The van der Waals surface area contributed by atoms with Gasteiger partial charge in [-0.2, -0.15) is 9.78 Å². The Labute approximate surface area is 150 Å². The van der Waals surface area contributed by atoms with Crippen LogP contribution >= 0.6 is 0 Å². The number of aryl methyl sites for hydroxylation is 1. The molecule has 1 fully saturated rings. The molecule has 0 radical (unpaired) electrons. The predicted molar refractivity (Wildman–Crippen MR) is 90.7 cm³/mol. The van der Waals surface area contributed by atoms with Gasteiger partial charge in [-0.1, -0.05) is 35.5 Å². The molecule has 2 aromatic heterocycles. The first kappa shape index (κ1) is 16.4. The fourth-order valence-electron chi connectivity index (χ4n) is 3.17. The van der Waals surface area contributed by atoms with Crippen LogP contribution in [0.4, 0.5) is 0 Å². The quantitative estimate of drug-likeness (QED) is 0.706. The van der Waals surface area contributed by atoms with E-state index in [4.69, 9.17) is 4.52 Å². The smallest absolute Gasteiger partial charge is 0.249 e. The van der Waals surface area contributed by atoms with E-state index in [1.807, 2.05) is 30.3 Å². The van der Waals surface area contributed by atoms with E-state index >= 15 is 0 Å². The highest BCUT2D eigenvalue weighted by Crippen LogP contribution is 2.32. The number of carbonyl (C=O) groups is 1. The SMILES string of the molecule is Cc1noc(C2CCCN2C(=O)C(C)n2nnc(-c3ccccc3)n2)n1. The highest BCUT2D eigenvalue weighted by atomic mass is 16.5. The molecule has 1 aliphatic heterocycles. The highest BCUT2D eigenvalue weighted by molar-refractivity contribution is 5.80. The van der Waals surface area contributed by atoms with E-state index in [0.29, 0.717) is 24.1 Å². The summed E-state index contributed by atoms with van der Waals surface area (Å²) in [6, 6.07) is 8.79. The molecule has 9 nitrogen and oxygen atoms in total. The Bertz CT molecular complexity index is 905. The van der Waals surface area contributed by atoms with Crippen molar-refractivity contribution in [1.82, 2.24) is 35.2 Å². The number of nitrogens with zero attached hydrogens (tertiary/aromatic N) is 7. The van der Waals surface area contributed by atoms with Crippen LogP contribution in [0.3, 0.4) is 0 Å². The van der Waals surface area contributed by atoms with Crippen LogP contribution in [-0.4, -0.2) is 47.7 Å². The first-order chi connectivity index (χ1) is 12.6. The molecule has 0 bridgehead atoms. The fraction of sp³-hybridized carbons (Fsp3) is 0.412. The second kappa shape index (κ2) is 6.66. The molecule has 3 aromatic rings. The Hall–Kier alpha value is -3.10. The zero-order valence-electron chi connectivity index (χ0n) is 14.6. The summed E-state index contributed by atoms with van der Waals surface area (Å²) in [6.45, 7) is 4.18. The molecule has 1 aliphatic rings. The van der Waals surface area contributed by atoms with Gasteiger partial charge in [0.2, 0.25) is 17.6 Å². The average molecular weight is 353 g/mol. The number of rotatable bonds is 4. The average Bonchev–Trinajstić information content (AvgIpc) is 3.41. The van der Waals surface area contributed by atoms with Crippen LogP contribution in [0.15, 0.2) is 34.9 Å². The van der Waals surface area contributed by atoms with Gasteiger partial charge in [-0.05, 0) is 31.9 Å². The van der Waals surface area contributed by atoms with E-state index in [0.717, 1.165) is 18.4 Å². The van der Waals surface area contributed by atoms with E-state index in [2.05, 4.69) is 25.6 Å². The standard InChI is InChI=1S/C17H19N7O2/c1-11(24-20-15(19-22-24)13-7-4-3-5-8-13)17(25)23-10-6-9-14(23)16-18-12(2)21-26-16/h3-5,7-8,11,14H,6,9-10H2,1-2H3. The molecular weight excluding hydrogens is 334 g/mol. The lowest BCUT2D eigenvalue weighted by Gasteiger charge is -2.24. The van der Waals surface area contributed by atoms with Gasteiger partial charge in [0.1, 0.15) is 12.1 Å². The molecule has 2 unspecified atom stereocenters. The molecular formula is C17H19N7O2. The summed E-state index contributed by atoms with van der Waals surface area (Å²) in [5, 5.41) is 16.3. The summed E-state index contributed by atoms with van der Waals surface area (Å²) in [6.07, 6.45) is 1.70. The molecule has 0 N–H and O–H groups in total. The van der Waals surface area contributed by atoms with Crippen LogP contribution < -0.4 is 0 Å². The van der Waals surface area contributed by atoms with E-state index in [1.165, 1.54) is 4.80 Å². The summed E-state index contributed by atoms with van der Waals surface area (Å²) in [4.78, 5) is 20.4. The first-order valence-corrected chi connectivity index (χ1v) is 8.59. The van der Waals surface area contributed by atoms with Gasteiger partial charge in [0.25, 0.3) is 0 Å². The van der Waals surface area contributed by atoms with Crippen LogP contribution in [0.1, 0.15) is 43.6 Å². The third-order valence-electron chi connectivity index (χ3n) is 4.53. The lowest BCUT2D eigenvalue weighted by Crippen LogP contribution is -2.36. The Kier molecular flexibility index (Phi) is 4.19. The minimum absolute atomic E-state index is 0.0830. The molecule has 2 atom stereocenters. The number of amides is 1. The van der Waals surface area contributed by atoms with Gasteiger partial charge in [-0.3, -0.25) is 4.79 Å². The normalized spacial score (nSPS) is 18.2. The molecule has 3 heterocycles. The number of hydrogen-bond donors (Lipinski definition) is 0. The van der Waals surface area contributed by atoms with Gasteiger partial charge < -0.3 is 9.42 Å². The van der Waals surface area contributed by atoms with Gasteiger partial charge in [0, 0.05) is 12.1 Å². The minimum atomic E-state index is -0.565. The van der Waals surface area contributed by atoms with E-state index in [-0.39, 0.29) is 11.9 Å². The number of hydrogen-bond acceptors (Lipinski definition) is 7. The topological polar surface area (TPSA) is 103 Å². The molecule has 1 amide bonds. The van der Waals surface area contributed by atoms with Gasteiger partial charge in [0.05, 0.1) is 0 Å². The van der Waals surface area contributed by atoms with Gasteiger partial charge >= 0.3 is 0 Å². The van der Waals surface area contributed by atoms with Gasteiger partial charge in [-0.25, -0.2) is 0 Å². The summed E-state index contributed by atoms with van der Waals surface area (Å²) in [5.41, 5.74) is 0.860. The zero-order chi connectivity index (χ0) is 18.1. The third kappa shape index (κ3) is 2.96. The maximum atomic E-state index is 13.0. The molecule has 26 heavy (non-hydrogen) atoms. The van der Waals surface area contributed by atoms with Crippen molar-refractivity contribution in [2.24, 2.45) is 0 Å². The Morgan fingerprint density at radius 3 is 2.85 bits per heavy atom. The summed E-state index contributed by atoms with van der Waals surface area (Å²) >= 11 is 0. The number of carbonyl (C=O) groups excluding carboxylic acids is 1. The molecule has 1 aromatic carbocycles. The highest BCUT2D eigenvalue weighted by Gasteiger charge is 2.36. The van der Waals surface area contributed by atoms with E-state index in [9.17, 15) is 4.79 Å². The summed E-state index contributed by atoms with van der Waals surface area (Å²) in [5.74, 6) is 1.46. The molecule has 9 heteroatoms. The monoisotopic (exact) mass is 353 g/mol. The number of aromatic nitrogens is 6. The second-order valence-corrected chi connectivity index (χ2v) is 6.34. The largest absolute Gasteiger partial charge is 0.337 e. The van der Waals surface area contributed by atoms with Crippen molar-refractivity contribution >= 4 is 5.91 Å². The summed E-state index contributed by atoms with van der Waals surface area (Å²) in [7, 11) is 0. The molecule has 0 saturated carbocycles. The van der Waals surface area contributed by atoms with Crippen molar-refractivity contribution in [3.8, 4) is 11.4 Å². The predicted octanol–water partition coefficient (Wildman–Crippen LogP) is 1.96. The lowest BCUT2D eigenvalue weighted by atomic mass is 10.2. The van der Waals surface area contributed by atoms with Crippen molar-refractivity contribution in [3.63, 3.8) is 0 Å². The van der Waals surface area contributed by atoms with E-state index in [1.54, 1.807) is 18.7 Å². The van der Waals surface area contributed by atoms with Crippen molar-refractivity contribution < 1.29 is 9.32 Å². The number of benzene rings is 1. The van der Waals surface area contributed by atoms with E-state index < -0.39 is 6.04 Å². The minimum Gasteiger partial charge on any atom is -0.337 e. The Morgan fingerprint density at radius 1 is 1.31 bits per heavy atom. The molecule has 0 spiro atoms. The molecule has 134 valence electrons. The first-order valence-electron chi connectivity index (χ1n) is 8.59. The van der Waals surface area contributed by atoms with Crippen LogP contribution in [0.5, 0.6) is 0 Å². The molecule has 1 saturated heterocycles. The molecule has 0 aliphatic carbocycles. The summed E-state index contributed by atoms with van der Waals surface area (Å²) < 4.78 is 5.27. The Balaban J connectivity index is 1.53. The van der Waals surface area contributed by atoms with Crippen LogP contribution in [0.2, 0.25) is 0 Å². The zero-order valence-corrected chi connectivity index (χ0v) is 14.6. The van der Waals surface area contributed by atoms with Crippen LogP contribution in [0.25, 0.3) is 11.4 Å². The van der Waals surface area contributed by atoms with Gasteiger partial charge in [0.15, 0.2) is 5.82 Å². The van der Waals surface area contributed by atoms with Gasteiger partial charge in [-0.15, -0.1) is 10.2 Å². The third-order valence-corrected chi connectivity index (χ3v) is 4.53. The number of likely N-dealkylation sites (tertiary alicyclic amines) is 1. The maximum absolute atomic E-state index is 13.0. The van der Waals surface area contributed by atoms with Crippen molar-refractivity contribution in [2.75, 3.05) is 6.54 Å². The Morgan fingerprint density at radius 2 is 2.12 bits per heavy atom. The lowest BCUT2D eigenvalue weighted by molar-refractivity contribution is -0.136.